The zero-order valence-corrected chi connectivity index (χ0v) is 18.7. The highest BCUT2D eigenvalue weighted by Gasteiger charge is 2.33. The van der Waals surface area contributed by atoms with Gasteiger partial charge in [0, 0.05) is 5.56 Å². The van der Waals surface area contributed by atoms with Crippen LogP contribution >= 0.6 is 11.8 Å². The van der Waals surface area contributed by atoms with Crippen LogP contribution in [0, 0.1) is 0 Å². The largest absolute Gasteiger partial charge is 0.497 e. The van der Waals surface area contributed by atoms with Crippen LogP contribution in [0.1, 0.15) is 11.3 Å². The Bertz CT molecular complexity index is 1260. The fourth-order valence-electron chi connectivity index (χ4n) is 3.21. The maximum absolute atomic E-state index is 13.2. The monoisotopic (exact) mass is 488 g/mol. The molecule has 0 aliphatic heterocycles. The summed E-state index contributed by atoms with van der Waals surface area (Å²) in [7, 11) is 1.57. The van der Waals surface area contributed by atoms with E-state index >= 15 is 0 Å². The molecule has 0 aliphatic rings. The Kier molecular flexibility index (Phi) is 6.92. The fourth-order valence-corrected chi connectivity index (χ4v) is 3.94. The van der Waals surface area contributed by atoms with Crippen molar-refractivity contribution in [1.29, 1.82) is 0 Å². The zero-order chi connectivity index (χ0) is 24.1. The topological polar surface area (TPSA) is 82.2 Å². The quantitative estimate of drug-likeness (QED) is 0.337. The van der Waals surface area contributed by atoms with Gasteiger partial charge in [-0.2, -0.15) is 13.2 Å². The maximum atomic E-state index is 13.2. The Labute approximate surface area is 196 Å². The van der Waals surface area contributed by atoms with Gasteiger partial charge in [0.25, 0.3) is 0 Å². The van der Waals surface area contributed by atoms with E-state index in [1.807, 2.05) is 12.1 Å². The van der Waals surface area contributed by atoms with E-state index in [9.17, 15) is 18.0 Å². The van der Waals surface area contributed by atoms with E-state index in [2.05, 4.69) is 15.5 Å². The molecule has 4 rings (SSSR count). The van der Waals surface area contributed by atoms with E-state index in [4.69, 9.17) is 9.15 Å². The second-order valence-corrected chi connectivity index (χ2v) is 8.02. The lowest BCUT2D eigenvalue weighted by molar-refractivity contribution is -0.137. The molecule has 0 bridgehead atoms. The van der Waals surface area contributed by atoms with E-state index in [1.165, 1.54) is 18.2 Å². The Morgan fingerprint density at radius 2 is 1.85 bits per heavy atom. The molecule has 1 amide bonds. The minimum Gasteiger partial charge on any atom is -0.497 e. The molecule has 0 radical (unpaired) electrons. The van der Waals surface area contributed by atoms with Gasteiger partial charge < -0.3 is 14.5 Å². The number of para-hydroxylation sites is 1. The van der Waals surface area contributed by atoms with Gasteiger partial charge in [-0.15, -0.1) is 10.2 Å². The molecule has 0 unspecified atom stereocenters. The van der Waals surface area contributed by atoms with Gasteiger partial charge in [-0.1, -0.05) is 23.9 Å². The third kappa shape index (κ3) is 5.42. The van der Waals surface area contributed by atoms with Crippen molar-refractivity contribution in [1.82, 2.24) is 14.8 Å². The maximum Gasteiger partial charge on any atom is 0.418 e. The second-order valence-electron chi connectivity index (χ2n) is 7.08. The summed E-state index contributed by atoms with van der Waals surface area (Å²) in [6.07, 6.45) is -3.03. The number of amides is 1. The lowest BCUT2D eigenvalue weighted by Gasteiger charge is -2.13. The Hall–Kier alpha value is -3.73. The van der Waals surface area contributed by atoms with Crippen molar-refractivity contribution in [2.45, 2.75) is 17.9 Å². The second kappa shape index (κ2) is 10.0. The third-order valence-electron chi connectivity index (χ3n) is 4.80. The van der Waals surface area contributed by atoms with Crippen LogP contribution < -0.4 is 10.1 Å². The molecule has 4 aromatic rings. The molecule has 2 heterocycles. The number of hydrogen-bond acceptors (Lipinski definition) is 6. The van der Waals surface area contributed by atoms with Crippen molar-refractivity contribution in [3.8, 4) is 17.1 Å². The molecule has 2 aromatic carbocycles. The molecule has 0 saturated carbocycles. The van der Waals surface area contributed by atoms with Gasteiger partial charge in [0.1, 0.15) is 11.5 Å². The number of methoxy groups -OCH3 is 1. The Balaban J connectivity index is 1.54. The van der Waals surface area contributed by atoms with Crippen LogP contribution in [-0.4, -0.2) is 33.5 Å². The Morgan fingerprint density at radius 1 is 1.09 bits per heavy atom. The molecule has 7 nitrogen and oxygen atoms in total. The number of benzene rings is 2. The summed E-state index contributed by atoms with van der Waals surface area (Å²) in [4.78, 5) is 12.5. The van der Waals surface area contributed by atoms with Crippen molar-refractivity contribution in [2.24, 2.45) is 0 Å². The summed E-state index contributed by atoms with van der Waals surface area (Å²) in [6.45, 7) is 0.308. The van der Waals surface area contributed by atoms with Crippen LogP contribution in [0.25, 0.3) is 11.4 Å². The lowest BCUT2D eigenvalue weighted by atomic mass is 10.1. The number of nitrogens with one attached hydrogen (secondary N) is 1. The van der Waals surface area contributed by atoms with E-state index < -0.39 is 17.6 Å². The average Bonchev–Trinajstić information content (AvgIpc) is 3.48. The number of rotatable bonds is 8. The summed E-state index contributed by atoms with van der Waals surface area (Å²) in [5.41, 5.74) is -0.428. The van der Waals surface area contributed by atoms with Crippen molar-refractivity contribution < 1.29 is 27.1 Å². The van der Waals surface area contributed by atoms with Crippen LogP contribution in [0.3, 0.4) is 0 Å². The van der Waals surface area contributed by atoms with Gasteiger partial charge >= 0.3 is 6.18 Å². The summed E-state index contributed by atoms with van der Waals surface area (Å²) in [5, 5.41) is 11.2. The van der Waals surface area contributed by atoms with E-state index in [1.54, 1.807) is 42.2 Å². The van der Waals surface area contributed by atoms with E-state index in [0.717, 1.165) is 23.4 Å². The number of ether oxygens (including phenoxy) is 1. The van der Waals surface area contributed by atoms with Crippen molar-refractivity contribution in [3.05, 3.63) is 78.3 Å². The van der Waals surface area contributed by atoms with E-state index in [0.29, 0.717) is 29.0 Å². The van der Waals surface area contributed by atoms with Gasteiger partial charge in [0.15, 0.2) is 11.0 Å². The molecule has 34 heavy (non-hydrogen) atoms. The minimum atomic E-state index is -4.58. The molecule has 0 aliphatic carbocycles. The summed E-state index contributed by atoms with van der Waals surface area (Å²) >= 11 is 1.06. The highest BCUT2D eigenvalue weighted by Crippen LogP contribution is 2.34. The smallest absolute Gasteiger partial charge is 0.418 e. The van der Waals surface area contributed by atoms with Crippen LogP contribution in [0.2, 0.25) is 0 Å². The summed E-state index contributed by atoms with van der Waals surface area (Å²) < 4.78 is 52.0. The fraction of sp³-hybridized carbons (Fsp3) is 0.174. The summed E-state index contributed by atoms with van der Waals surface area (Å²) in [6, 6.07) is 15.6. The molecule has 11 heteroatoms. The van der Waals surface area contributed by atoms with Gasteiger partial charge in [0.05, 0.1) is 36.9 Å². The molecule has 0 fully saturated rings. The standard InChI is InChI=1S/C23H19F3N4O3S/c1-32-16-10-8-15(9-11-16)21-28-29-22(30(21)13-17-5-4-12-33-17)34-14-20(31)27-19-7-3-2-6-18(19)23(24,25)26/h2-12H,13-14H2,1H3,(H,27,31). The first-order chi connectivity index (χ1) is 16.3. The molecular weight excluding hydrogens is 469 g/mol. The zero-order valence-electron chi connectivity index (χ0n) is 17.9. The van der Waals surface area contributed by atoms with Gasteiger partial charge in [-0.3, -0.25) is 9.36 Å². The highest BCUT2D eigenvalue weighted by atomic mass is 32.2. The number of hydrogen-bond donors (Lipinski definition) is 1. The van der Waals surface area contributed by atoms with Gasteiger partial charge in [-0.25, -0.2) is 0 Å². The van der Waals surface area contributed by atoms with Crippen LogP contribution in [0.4, 0.5) is 18.9 Å². The molecule has 2 aromatic heterocycles. The molecule has 1 N–H and O–H groups in total. The van der Waals surface area contributed by atoms with Crippen LogP contribution in [0.15, 0.2) is 76.5 Å². The Morgan fingerprint density at radius 3 is 2.53 bits per heavy atom. The number of carbonyl (C=O) groups is 1. The van der Waals surface area contributed by atoms with Gasteiger partial charge in [-0.05, 0) is 48.5 Å². The molecular formula is C23H19F3N4O3S. The number of halogens is 3. The number of thioether (sulfide) groups is 1. The van der Waals surface area contributed by atoms with Crippen molar-refractivity contribution >= 4 is 23.4 Å². The number of nitrogens with zero attached hydrogens (tertiary/aromatic N) is 3. The molecule has 0 atom stereocenters. The van der Waals surface area contributed by atoms with Crippen LogP contribution in [-0.2, 0) is 17.5 Å². The SMILES string of the molecule is COc1ccc(-c2nnc(SCC(=O)Nc3ccccc3C(F)(F)F)n2Cc2ccco2)cc1. The van der Waals surface area contributed by atoms with Crippen molar-refractivity contribution in [3.63, 3.8) is 0 Å². The lowest BCUT2D eigenvalue weighted by Crippen LogP contribution is -2.18. The first-order valence-corrected chi connectivity index (χ1v) is 11.0. The molecule has 0 spiro atoms. The number of carbonyl (C=O) groups excluding carboxylic acids is 1. The predicted octanol–water partition coefficient (Wildman–Crippen LogP) is 5.34. The normalized spacial score (nSPS) is 11.4. The minimum absolute atomic E-state index is 0.162. The number of anilines is 1. The first-order valence-electron chi connectivity index (χ1n) is 10.0. The number of furan rings is 1. The number of alkyl halides is 3. The molecule has 0 saturated heterocycles. The highest BCUT2D eigenvalue weighted by molar-refractivity contribution is 7.99. The number of aromatic nitrogens is 3. The average molecular weight is 488 g/mol. The van der Waals surface area contributed by atoms with E-state index in [-0.39, 0.29) is 11.4 Å². The predicted molar refractivity (Wildman–Crippen MR) is 121 cm³/mol. The summed E-state index contributed by atoms with van der Waals surface area (Å²) in [5.74, 6) is 1.13. The third-order valence-corrected chi connectivity index (χ3v) is 5.76. The van der Waals surface area contributed by atoms with Gasteiger partial charge in [0.2, 0.25) is 5.91 Å². The van der Waals surface area contributed by atoms with Crippen LogP contribution in [0.5, 0.6) is 5.75 Å². The van der Waals surface area contributed by atoms with Crippen molar-refractivity contribution in [2.75, 3.05) is 18.2 Å². The first kappa shape index (κ1) is 23.4. The molecule has 176 valence electrons.